The Hall–Kier alpha value is -3.13. The van der Waals surface area contributed by atoms with Gasteiger partial charge in [0.15, 0.2) is 5.82 Å². The summed E-state index contributed by atoms with van der Waals surface area (Å²) >= 11 is 0. The molecule has 0 spiro atoms. The molecule has 3 heterocycles. The molecule has 0 amide bonds. The zero-order valence-electron chi connectivity index (χ0n) is 14.0. The van der Waals surface area contributed by atoms with Crippen LogP contribution in [-0.4, -0.2) is 19.6 Å². The maximum atomic E-state index is 6.19. The number of rotatable bonds is 2. The van der Waals surface area contributed by atoms with Gasteiger partial charge in [-0.15, -0.1) is 6.42 Å². The predicted molar refractivity (Wildman–Crippen MR) is 99.4 cm³/mol. The quantitative estimate of drug-likeness (QED) is 0.732. The van der Waals surface area contributed by atoms with Gasteiger partial charge in [0.05, 0.1) is 0 Å². The Bertz CT molecular complexity index is 1040. The second-order valence-electron chi connectivity index (χ2n) is 6.18. The third-order valence-electron chi connectivity index (χ3n) is 4.62. The average molecular weight is 328 g/mol. The molecule has 0 unspecified atom stereocenters. The number of terminal acetylenes is 1. The Balaban J connectivity index is 2.03. The number of hydrogen-bond donors (Lipinski definition) is 1. The highest BCUT2D eigenvalue weighted by atomic mass is 15.2. The van der Waals surface area contributed by atoms with E-state index in [0.717, 1.165) is 47.0 Å². The van der Waals surface area contributed by atoms with E-state index in [1.165, 1.54) is 11.9 Å². The molecule has 0 saturated heterocycles. The van der Waals surface area contributed by atoms with E-state index in [4.69, 9.17) is 12.2 Å². The lowest BCUT2D eigenvalue weighted by Gasteiger charge is -2.15. The second-order valence-corrected chi connectivity index (χ2v) is 6.18. The molecule has 0 aliphatic heterocycles. The van der Waals surface area contributed by atoms with Gasteiger partial charge in [-0.05, 0) is 49.8 Å². The summed E-state index contributed by atoms with van der Waals surface area (Å²) in [5.74, 6) is 3.07. The summed E-state index contributed by atoms with van der Waals surface area (Å²) < 4.78 is 1.81. The van der Waals surface area contributed by atoms with Gasteiger partial charge < -0.3 is 5.73 Å². The molecular formula is C20H18N5. The fourth-order valence-electron chi connectivity index (χ4n) is 3.41. The van der Waals surface area contributed by atoms with Crippen LogP contribution < -0.4 is 5.73 Å². The number of nitrogen functional groups attached to an aromatic ring is 1. The third-order valence-corrected chi connectivity index (χ3v) is 4.62. The first-order valence-electron chi connectivity index (χ1n) is 8.25. The van der Waals surface area contributed by atoms with Crippen molar-refractivity contribution in [2.24, 2.45) is 0 Å². The molecule has 2 N–H and O–H groups in total. The van der Waals surface area contributed by atoms with Crippen LogP contribution in [0.1, 0.15) is 36.1 Å². The van der Waals surface area contributed by atoms with E-state index in [1.54, 1.807) is 4.52 Å². The van der Waals surface area contributed by atoms with Gasteiger partial charge >= 0.3 is 0 Å². The molecule has 3 aromatic rings. The number of aromatic nitrogens is 4. The van der Waals surface area contributed by atoms with Crippen molar-refractivity contribution in [2.75, 3.05) is 5.73 Å². The Morgan fingerprint density at radius 1 is 1.28 bits per heavy atom. The Kier molecular flexibility index (Phi) is 3.73. The minimum absolute atomic E-state index is 0.484. The fourth-order valence-corrected chi connectivity index (χ4v) is 3.41. The number of pyridine rings is 1. The molecule has 1 aliphatic rings. The van der Waals surface area contributed by atoms with E-state index < -0.39 is 0 Å². The van der Waals surface area contributed by atoms with Crippen molar-refractivity contribution in [3.63, 3.8) is 0 Å². The van der Waals surface area contributed by atoms with Gasteiger partial charge in [0, 0.05) is 29.1 Å². The standard InChI is InChI=1S/C20H18N5/c1-3-15-9-13(2)16(10-22-15)17-11-25-19(20(21)23-12-24-25)18(17)14-7-5-4-6-8-14/h1,4,7,9-12H,5-6,8H2,2H3,(H2,21,23,24). The van der Waals surface area contributed by atoms with Crippen LogP contribution in [0.2, 0.25) is 0 Å². The minimum atomic E-state index is 0.484. The lowest BCUT2D eigenvalue weighted by atomic mass is 9.89. The van der Waals surface area contributed by atoms with Crippen LogP contribution in [0.3, 0.4) is 0 Å². The van der Waals surface area contributed by atoms with Crippen molar-refractivity contribution in [2.45, 2.75) is 26.2 Å². The van der Waals surface area contributed by atoms with Crippen molar-refractivity contribution in [1.82, 2.24) is 19.6 Å². The monoisotopic (exact) mass is 328 g/mol. The molecule has 0 bridgehead atoms. The number of anilines is 1. The third kappa shape index (κ3) is 2.56. The first-order chi connectivity index (χ1) is 12.2. The van der Waals surface area contributed by atoms with E-state index in [1.807, 2.05) is 25.4 Å². The van der Waals surface area contributed by atoms with Crippen LogP contribution in [0.5, 0.6) is 0 Å². The van der Waals surface area contributed by atoms with Crippen LogP contribution in [0.15, 0.2) is 30.9 Å². The van der Waals surface area contributed by atoms with Crippen molar-refractivity contribution >= 4 is 16.9 Å². The van der Waals surface area contributed by atoms with Gasteiger partial charge in [0.2, 0.25) is 0 Å². The lowest BCUT2D eigenvalue weighted by molar-refractivity contribution is 0.900. The van der Waals surface area contributed by atoms with Gasteiger partial charge in [-0.25, -0.2) is 14.5 Å². The number of allylic oxidation sites excluding steroid dienone is 2. The zero-order chi connectivity index (χ0) is 17.4. The van der Waals surface area contributed by atoms with E-state index in [-0.39, 0.29) is 0 Å². The Morgan fingerprint density at radius 2 is 2.16 bits per heavy atom. The summed E-state index contributed by atoms with van der Waals surface area (Å²) in [7, 11) is 0. The molecule has 0 fully saturated rings. The predicted octanol–water partition coefficient (Wildman–Crippen LogP) is 3.43. The summed E-state index contributed by atoms with van der Waals surface area (Å²) in [4.78, 5) is 8.56. The van der Waals surface area contributed by atoms with Crippen LogP contribution in [-0.2, 0) is 0 Å². The zero-order valence-corrected chi connectivity index (χ0v) is 14.0. The molecule has 25 heavy (non-hydrogen) atoms. The largest absolute Gasteiger partial charge is 0.382 e. The second kappa shape index (κ2) is 6.06. The maximum Gasteiger partial charge on any atom is 0.151 e. The fraction of sp³-hybridized carbons (Fsp3) is 0.200. The number of fused-ring (bicyclic) bond motifs is 1. The Morgan fingerprint density at radius 3 is 2.88 bits per heavy atom. The van der Waals surface area contributed by atoms with E-state index >= 15 is 0 Å². The molecule has 0 aromatic carbocycles. The highest BCUT2D eigenvalue weighted by Gasteiger charge is 2.21. The van der Waals surface area contributed by atoms with Crippen LogP contribution in [0, 0.1) is 25.7 Å². The molecule has 0 atom stereocenters. The highest BCUT2D eigenvalue weighted by molar-refractivity contribution is 5.95. The van der Waals surface area contributed by atoms with Gasteiger partial charge in [0.25, 0.3) is 0 Å². The Labute approximate surface area is 146 Å². The van der Waals surface area contributed by atoms with Crippen LogP contribution in [0.4, 0.5) is 5.82 Å². The minimum Gasteiger partial charge on any atom is -0.382 e. The van der Waals surface area contributed by atoms with Gasteiger partial charge in [0.1, 0.15) is 17.5 Å². The molecular weight excluding hydrogens is 310 g/mol. The van der Waals surface area contributed by atoms with Crippen LogP contribution in [0.25, 0.3) is 22.2 Å². The van der Waals surface area contributed by atoms with Crippen LogP contribution >= 0.6 is 0 Å². The number of aryl methyl sites for hydroxylation is 1. The van der Waals surface area contributed by atoms with Gasteiger partial charge in [-0.2, -0.15) is 5.10 Å². The summed E-state index contributed by atoms with van der Waals surface area (Å²) in [6.07, 6.45) is 18.3. The van der Waals surface area contributed by atoms with E-state index in [0.29, 0.717) is 11.5 Å². The topological polar surface area (TPSA) is 69.1 Å². The first kappa shape index (κ1) is 15.4. The van der Waals surface area contributed by atoms with Crippen molar-refractivity contribution in [1.29, 1.82) is 0 Å². The normalized spacial score (nSPS) is 14.3. The first-order valence-corrected chi connectivity index (χ1v) is 8.25. The van der Waals surface area contributed by atoms with Crippen molar-refractivity contribution < 1.29 is 0 Å². The van der Waals surface area contributed by atoms with Gasteiger partial charge in [-0.1, -0.05) is 12.0 Å². The molecule has 4 rings (SSSR count). The van der Waals surface area contributed by atoms with E-state index in [9.17, 15) is 0 Å². The van der Waals surface area contributed by atoms with E-state index in [2.05, 4.69) is 33.5 Å². The number of hydrogen-bond acceptors (Lipinski definition) is 4. The molecule has 1 aliphatic carbocycles. The number of nitrogens with two attached hydrogens (primary N) is 1. The van der Waals surface area contributed by atoms with Crippen molar-refractivity contribution in [3.8, 4) is 23.5 Å². The van der Waals surface area contributed by atoms with Gasteiger partial charge in [-0.3, -0.25) is 0 Å². The molecule has 0 saturated carbocycles. The maximum absolute atomic E-state index is 6.19. The molecule has 3 aromatic heterocycles. The molecule has 123 valence electrons. The highest BCUT2D eigenvalue weighted by Crippen LogP contribution is 2.39. The lowest BCUT2D eigenvalue weighted by Crippen LogP contribution is -2.01. The molecule has 5 nitrogen and oxygen atoms in total. The smallest absolute Gasteiger partial charge is 0.151 e. The molecule has 1 radical (unpaired) electrons. The SMILES string of the molecule is C#Cc1cc(C)c(-c2cn3ncnc(N)c3c2C2=CC[CH]CC2)cn1. The summed E-state index contributed by atoms with van der Waals surface area (Å²) in [6.45, 7) is 2.04. The summed E-state index contributed by atoms with van der Waals surface area (Å²) in [5, 5.41) is 4.34. The van der Waals surface area contributed by atoms with Crippen molar-refractivity contribution in [3.05, 3.63) is 54.1 Å². The number of nitrogens with zero attached hydrogens (tertiary/aromatic N) is 4. The molecule has 5 heteroatoms. The summed E-state index contributed by atoms with van der Waals surface area (Å²) in [5.41, 5.74) is 13.2. The summed E-state index contributed by atoms with van der Waals surface area (Å²) in [6, 6.07) is 1.93. The average Bonchev–Trinajstić information content (AvgIpc) is 3.03.